The first-order valence-corrected chi connectivity index (χ1v) is 7.06. The van der Waals surface area contributed by atoms with Crippen molar-refractivity contribution in [3.8, 4) is 0 Å². The summed E-state index contributed by atoms with van der Waals surface area (Å²) in [5.74, 6) is -2.78. The first kappa shape index (κ1) is 13.8. The van der Waals surface area contributed by atoms with Crippen LogP contribution >= 0.6 is 0 Å². The van der Waals surface area contributed by atoms with Gasteiger partial charge in [0.2, 0.25) is 5.91 Å². The van der Waals surface area contributed by atoms with Crippen molar-refractivity contribution in [2.45, 2.75) is 25.6 Å². The predicted octanol–water partition coefficient (Wildman–Crippen LogP) is 1.84. The molecule has 1 saturated heterocycles. The van der Waals surface area contributed by atoms with Crippen molar-refractivity contribution in [3.63, 3.8) is 0 Å². The maximum atomic E-state index is 12.4. The van der Waals surface area contributed by atoms with Gasteiger partial charge in [-0.15, -0.1) is 0 Å². The standard InChI is InChI=1S/C16H17NO4/c1-2-9-3-5-10(6-4-9)17-15(18)13-11-7-8-12(21-11)14(13)16(19)20/h3-8,11-14H,2H2,1H3,(H,17,18)(H,19,20)/t11-,12-,13+,14-/m0/s1. The minimum absolute atomic E-state index is 0.302. The molecule has 1 amide bonds. The van der Waals surface area contributed by atoms with Gasteiger partial charge in [-0.2, -0.15) is 0 Å². The van der Waals surface area contributed by atoms with Gasteiger partial charge in [-0.1, -0.05) is 31.2 Å². The van der Waals surface area contributed by atoms with E-state index in [2.05, 4.69) is 12.2 Å². The van der Waals surface area contributed by atoms with Gasteiger partial charge in [0, 0.05) is 5.69 Å². The quantitative estimate of drug-likeness (QED) is 0.829. The van der Waals surface area contributed by atoms with E-state index in [4.69, 9.17) is 4.74 Å². The molecule has 21 heavy (non-hydrogen) atoms. The van der Waals surface area contributed by atoms with E-state index in [1.807, 2.05) is 24.3 Å². The van der Waals surface area contributed by atoms with Gasteiger partial charge < -0.3 is 15.2 Å². The average molecular weight is 287 g/mol. The van der Waals surface area contributed by atoms with E-state index in [0.717, 1.165) is 6.42 Å². The second-order valence-electron chi connectivity index (χ2n) is 5.38. The van der Waals surface area contributed by atoms with Gasteiger partial charge in [0.15, 0.2) is 0 Å². The van der Waals surface area contributed by atoms with Crippen LogP contribution in [0.15, 0.2) is 36.4 Å². The fourth-order valence-electron chi connectivity index (χ4n) is 2.96. The highest BCUT2D eigenvalue weighted by Gasteiger charge is 2.53. The second kappa shape index (κ2) is 5.33. The number of hydrogen-bond donors (Lipinski definition) is 2. The normalized spacial score (nSPS) is 29.6. The molecule has 5 heteroatoms. The summed E-state index contributed by atoms with van der Waals surface area (Å²) in [6, 6.07) is 7.55. The van der Waals surface area contributed by atoms with Crippen LogP contribution in [0.4, 0.5) is 5.69 Å². The number of anilines is 1. The second-order valence-corrected chi connectivity index (χ2v) is 5.38. The molecule has 0 spiro atoms. The van der Waals surface area contributed by atoms with Crippen LogP contribution in [-0.4, -0.2) is 29.2 Å². The number of carboxylic acid groups (broad SMARTS) is 1. The number of ether oxygens (including phenoxy) is 1. The third-order valence-electron chi connectivity index (χ3n) is 4.12. The van der Waals surface area contributed by atoms with Crippen molar-refractivity contribution in [1.82, 2.24) is 0 Å². The zero-order chi connectivity index (χ0) is 15.0. The fourth-order valence-corrected chi connectivity index (χ4v) is 2.96. The number of aliphatic carboxylic acids is 1. The maximum Gasteiger partial charge on any atom is 0.310 e. The average Bonchev–Trinajstić information content (AvgIpc) is 3.08. The molecule has 1 aromatic rings. The fraction of sp³-hybridized carbons (Fsp3) is 0.375. The zero-order valence-electron chi connectivity index (χ0n) is 11.7. The Bertz CT molecular complexity index is 593. The van der Waals surface area contributed by atoms with E-state index in [1.165, 1.54) is 5.56 Å². The van der Waals surface area contributed by atoms with E-state index < -0.39 is 30.0 Å². The van der Waals surface area contributed by atoms with Crippen LogP contribution in [-0.2, 0) is 20.7 Å². The van der Waals surface area contributed by atoms with Crippen molar-refractivity contribution in [3.05, 3.63) is 42.0 Å². The highest BCUT2D eigenvalue weighted by atomic mass is 16.5. The van der Waals surface area contributed by atoms with Gasteiger partial charge in [-0.3, -0.25) is 9.59 Å². The Labute approximate surface area is 122 Å². The van der Waals surface area contributed by atoms with Crippen LogP contribution in [0.1, 0.15) is 12.5 Å². The van der Waals surface area contributed by atoms with Crippen LogP contribution in [0, 0.1) is 11.8 Å². The number of carbonyl (C=O) groups is 2. The maximum absolute atomic E-state index is 12.4. The molecule has 2 N–H and O–H groups in total. The van der Waals surface area contributed by atoms with Gasteiger partial charge in [-0.05, 0) is 24.1 Å². The Morgan fingerprint density at radius 3 is 2.33 bits per heavy atom. The van der Waals surface area contributed by atoms with E-state index in [0.29, 0.717) is 5.69 Å². The number of amides is 1. The Balaban J connectivity index is 1.75. The number of carbonyl (C=O) groups excluding carboxylic acids is 1. The summed E-state index contributed by atoms with van der Waals surface area (Å²) < 4.78 is 5.50. The number of rotatable bonds is 4. The third kappa shape index (κ3) is 2.45. The van der Waals surface area contributed by atoms with Crippen molar-refractivity contribution in [2.75, 3.05) is 5.32 Å². The summed E-state index contributed by atoms with van der Waals surface area (Å²) >= 11 is 0. The predicted molar refractivity (Wildman–Crippen MR) is 76.9 cm³/mol. The van der Waals surface area contributed by atoms with Gasteiger partial charge >= 0.3 is 5.97 Å². The van der Waals surface area contributed by atoms with E-state index in [9.17, 15) is 14.7 Å². The zero-order valence-corrected chi connectivity index (χ0v) is 11.7. The number of carboxylic acids is 1. The summed E-state index contributed by atoms with van der Waals surface area (Å²) in [7, 11) is 0. The molecule has 2 aliphatic heterocycles. The van der Waals surface area contributed by atoms with Gasteiger partial charge in [0.1, 0.15) is 5.92 Å². The molecule has 0 unspecified atom stereocenters. The number of hydrogen-bond acceptors (Lipinski definition) is 3. The van der Waals surface area contributed by atoms with Crippen molar-refractivity contribution in [2.24, 2.45) is 11.8 Å². The molecule has 4 atom stereocenters. The van der Waals surface area contributed by atoms with Crippen LogP contribution in [0.5, 0.6) is 0 Å². The number of aryl methyl sites for hydroxylation is 1. The SMILES string of the molecule is CCc1ccc(NC(=O)[C@H]2[C@@H](C(=O)O)[C@@H]3C=C[C@@H]2O3)cc1. The summed E-state index contributed by atoms with van der Waals surface area (Å²) in [5.41, 5.74) is 1.86. The molecular formula is C16H17NO4. The topological polar surface area (TPSA) is 75.6 Å². The number of benzene rings is 1. The van der Waals surface area contributed by atoms with Crippen molar-refractivity contribution in [1.29, 1.82) is 0 Å². The summed E-state index contributed by atoms with van der Waals surface area (Å²) in [6.07, 6.45) is 3.50. The van der Waals surface area contributed by atoms with Crippen LogP contribution < -0.4 is 5.32 Å². The summed E-state index contributed by atoms with van der Waals surface area (Å²) in [5, 5.41) is 12.1. The Morgan fingerprint density at radius 2 is 1.76 bits per heavy atom. The van der Waals surface area contributed by atoms with Crippen molar-refractivity contribution < 1.29 is 19.4 Å². The Morgan fingerprint density at radius 1 is 1.14 bits per heavy atom. The molecule has 0 saturated carbocycles. The molecule has 2 aliphatic rings. The Kier molecular flexibility index (Phi) is 3.51. The summed E-state index contributed by atoms with van der Waals surface area (Å²) in [4.78, 5) is 23.7. The molecule has 110 valence electrons. The molecule has 2 bridgehead atoms. The van der Waals surface area contributed by atoms with E-state index in [1.54, 1.807) is 12.2 Å². The molecule has 1 fully saturated rings. The molecule has 3 rings (SSSR count). The van der Waals surface area contributed by atoms with Crippen LogP contribution in [0.25, 0.3) is 0 Å². The molecule has 0 radical (unpaired) electrons. The molecule has 0 aromatic heterocycles. The van der Waals surface area contributed by atoms with Gasteiger partial charge in [0.05, 0.1) is 18.1 Å². The number of nitrogens with one attached hydrogen (secondary N) is 1. The van der Waals surface area contributed by atoms with Gasteiger partial charge in [0.25, 0.3) is 0 Å². The first-order valence-electron chi connectivity index (χ1n) is 7.06. The largest absolute Gasteiger partial charge is 0.481 e. The monoisotopic (exact) mass is 287 g/mol. The van der Waals surface area contributed by atoms with Crippen molar-refractivity contribution >= 4 is 17.6 Å². The number of fused-ring (bicyclic) bond motifs is 2. The van der Waals surface area contributed by atoms with E-state index in [-0.39, 0.29) is 5.91 Å². The lowest BCUT2D eigenvalue weighted by molar-refractivity contribution is -0.145. The third-order valence-corrected chi connectivity index (χ3v) is 4.12. The van der Waals surface area contributed by atoms with E-state index >= 15 is 0 Å². The molecular weight excluding hydrogens is 270 g/mol. The van der Waals surface area contributed by atoms with Crippen LogP contribution in [0.3, 0.4) is 0 Å². The summed E-state index contributed by atoms with van der Waals surface area (Å²) in [6.45, 7) is 2.06. The highest BCUT2D eigenvalue weighted by molar-refractivity contribution is 5.96. The smallest absolute Gasteiger partial charge is 0.310 e. The molecule has 2 heterocycles. The highest BCUT2D eigenvalue weighted by Crippen LogP contribution is 2.39. The minimum atomic E-state index is -0.992. The van der Waals surface area contributed by atoms with Crippen LogP contribution in [0.2, 0.25) is 0 Å². The minimum Gasteiger partial charge on any atom is -0.481 e. The Hall–Kier alpha value is -2.14. The molecule has 0 aliphatic carbocycles. The lowest BCUT2D eigenvalue weighted by Crippen LogP contribution is -2.39. The molecule has 5 nitrogen and oxygen atoms in total. The first-order chi connectivity index (χ1) is 10.1. The molecule has 1 aromatic carbocycles. The lowest BCUT2D eigenvalue weighted by atomic mass is 9.82. The lowest BCUT2D eigenvalue weighted by Gasteiger charge is -2.21. The van der Waals surface area contributed by atoms with Gasteiger partial charge in [-0.25, -0.2) is 0 Å².